The first-order valence-electron chi connectivity index (χ1n) is 6.56. The Morgan fingerprint density at radius 1 is 1.25 bits per heavy atom. The lowest BCUT2D eigenvalue weighted by atomic mass is 9.94. The van der Waals surface area contributed by atoms with Gasteiger partial charge in [0.2, 0.25) is 5.91 Å². The fourth-order valence-electron chi connectivity index (χ4n) is 1.82. The maximum Gasteiger partial charge on any atom is 0.220 e. The van der Waals surface area contributed by atoms with Crippen LogP contribution in [0.3, 0.4) is 0 Å². The van der Waals surface area contributed by atoms with E-state index >= 15 is 0 Å². The maximum absolute atomic E-state index is 11.5. The van der Waals surface area contributed by atoms with Gasteiger partial charge in [-0.15, -0.1) is 0 Å². The number of hydrogen-bond donors (Lipinski definition) is 2. The van der Waals surface area contributed by atoms with Crippen molar-refractivity contribution in [3.8, 4) is 0 Å². The van der Waals surface area contributed by atoms with E-state index in [0.29, 0.717) is 18.3 Å². The highest BCUT2D eigenvalue weighted by atomic mass is 16.1. The molecule has 0 saturated heterocycles. The molecule has 0 aliphatic carbocycles. The van der Waals surface area contributed by atoms with Gasteiger partial charge < -0.3 is 11.1 Å². The second-order valence-electron chi connectivity index (χ2n) is 4.97. The van der Waals surface area contributed by atoms with E-state index in [4.69, 9.17) is 5.73 Å². The molecule has 1 unspecified atom stereocenters. The SMILES string of the molecule is CCCC(CCN)CCC(=O)NCC(C)C. The summed E-state index contributed by atoms with van der Waals surface area (Å²) in [6.45, 7) is 7.91. The first-order valence-corrected chi connectivity index (χ1v) is 6.56. The molecule has 3 nitrogen and oxygen atoms in total. The van der Waals surface area contributed by atoms with Crippen LogP contribution < -0.4 is 11.1 Å². The van der Waals surface area contributed by atoms with Gasteiger partial charge in [-0.25, -0.2) is 0 Å². The average Bonchev–Trinajstić information content (AvgIpc) is 2.23. The van der Waals surface area contributed by atoms with Gasteiger partial charge in [0.05, 0.1) is 0 Å². The van der Waals surface area contributed by atoms with Crippen molar-refractivity contribution in [2.75, 3.05) is 13.1 Å². The number of carbonyl (C=O) groups excluding carboxylic acids is 1. The van der Waals surface area contributed by atoms with E-state index in [-0.39, 0.29) is 5.91 Å². The summed E-state index contributed by atoms with van der Waals surface area (Å²) in [5.74, 6) is 1.34. The summed E-state index contributed by atoms with van der Waals surface area (Å²) in [5.41, 5.74) is 5.56. The van der Waals surface area contributed by atoms with Crippen LogP contribution in [0, 0.1) is 11.8 Å². The third-order valence-electron chi connectivity index (χ3n) is 2.76. The lowest BCUT2D eigenvalue weighted by Gasteiger charge is -2.15. The summed E-state index contributed by atoms with van der Waals surface area (Å²) in [4.78, 5) is 11.5. The number of carbonyl (C=O) groups is 1. The van der Waals surface area contributed by atoms with Crippen LogP contribution in [0.5, 0.6) is 0 Å². The third-order valence-corrected chi connectivity index (χ3v) is 2.76. The van der Waals surface area contributed by atoms with Crippen LogP contribution in [-0.4, -0.2) is 19.0 Å². The minimum absolute atomic E-state index is 0.187. The molecule has 0 aromatic heterocycles. The second-order valence-corrected chi connectivity index (χ2v) is 4.97. The van der Waals surface area contributed by atoms with Crippen molar-refractivity contribution in [1.82, 2.24) is 5.32 Å². The van der Waals surface area contributed by atoms with Crippen molar-refractivity contribution in [2.24, 2.45) is 17.6 Å². The number of nitrogens with two attached hydrogens (primary N) is 1. The highest BCUT2D eigenvalue weighted by Crippen LogP contribution is 2.16. The minimum atomic E-state index is 0.187. The topological polar surface area (TPSA) is 55.1 Å². The van der Waals surface area contributed by atoms with Gasteiger partial charge in [0.25, 0.3) is 0 Å². The van der Waals surface area contributed by atoms with Gasteiger partial charge in [-0.05, 0) is 31.2 Å². The normalized spacial score (nSPS) is 12.8. The van der Waals surface area contributed by atoms with Crippen LogP contribution in [-0.2, 0) is 4.79 Å². The number of rotatable bonds is 9. The van der Waals surface area contributed by atoms with Crippen LogP contribution >= 0.6 is 0 Å². The second kappa shape index (κ2) is 9.64. The number of nitrogens with one attached hydrogen (secondary N) is 1. The first kappa shape index (κ1) is 15.4. The van der Waals surface area contributed by atoms with Gasteiger partial charge in [-0.2, -0.15) is 0 Å². The Hall–Kier alpha value is -0.570. The highest BCUT2D eigenvalue weighted by molar-refractivity contribution is 5.75. The van der Waals surface area contributed by atoms with Crippen molar-refractivity contribution >= 4 is 5.91 Å². The molecular formula is C13H28N2O. The molecule has 0 aliphatic heterocycles. The van der Waals surface area contributed by atoms with Gasteiger partial charge in [0, 0.05) is 13.0 Å². The molecule has 0 spiro atoms. The Morgan fingerprint density at radius 2 is 1.94 bits per heavy atom. The molecule has 0 radical (unpaired) electrons. The van der Waals surface area contributed by atoms with Gasteiger partial charge >= 0.3 is 0 Å². The summed E-state index contributed by atoms with van der Waals surface area (Å²) in [5, 5.41) is 2.95. The number of amides is 1. The summed E-state index contributed by atoms with van der Waals surface area (Å²) in [7, 11) is 0. The molecule has 0 aliphatic rings. The zero-order valence-electron chi connectivity index (χ0n) is 11.1. The van der Waals surface area contributed by atoms with Crippen LogP contribution in [0.4, 0.5) is 0 Å². The lowest BCUT2D eigenvalue weighted by molar-refractivity contribution is -0.121. The molecule has 1 atom stereocenters. The molecule has 1 amide bonds. The third kappa shape index (κ3) is 8.72. The molecule has 0 saturated carbocycles. The van der Waals surface area contributed by atoms with E-state index in [2.05, 4.69) is 26.1 Å². The molecule has 16 heavy (non-hydrogen) atoms. The van der Waals surface area contributed by atoms with Gasteiger partial charge in [0.1, 0.15) is 0 Å². The van der Waals surface area contributed by atoms with E-state index in [0.717, 1.165) is 25.9 Å². The fourth-order valence-corrected chi connectivity index (χ4v) is 1.82. The predicted octanol–water partition coefficient (Wildman–Crippen LogP) is 2.30. The predicted molar refractivity (Wildman–Crippen MR) is 69.2 cm³/mol. The molecular weight excluding hydrogens is 200 g/mol. The van der Waals surface area contributed by atoms with Crippen molar-refractivity contribution in [1.29, 1.82) is 0 Å². The Labute approximate surface area is 100 Å². The van der Waals surface area contributed by atoms with E-state index < -0.39 is 0 Å². The average molecular weight is 228 g/mol. The molecule has 0 rings (SSSR count). The Bertz CT molecular complexity index is 175. The van der Waals surface area contributed by atoms with E-state index in [1.807, 2.05) is 0 Å². The zero-order valence-corrected chi connectivity index (χ0v) is 11.1. The Balaban J connectivity index is 3.68. The quantitative estimate of drug-likeness (QED) is 0.636. The lowest BCUT2D eigenvalue weighted by Crippen LogP contribution is -2.27. The minimum Gasteiger partial charge on any atom is -0.356 e. The summed E-state index contributed by atoms with van der Waals surface area (Å²) < 4.78 is 0. The standard InChI is InChI=1S/C13H28N2O/c1-4-5-12(8-9-14)6-7-13(16)15-10-11(2)3/h11-12H,4-10,14H2,1-3H3,(H,15,16). The summed E-state index contributed by atoms with van der Waals surface area (Å²) >= 11 is 0. The molecule has 0 aromatic rings. The molecule has 3 heteroatoms. The van der Waals surface area contributed by atoms with E-state index in [1.165, 1.54) is 12.8 Å². The van der Waals surface area contributed by atoms with Crippen LogP contribution in [0.2, 0.25) is 0 Å². The zero-order chi connectivity index (χ0) is 12.4. The van der Waals surface area contributed by atoms with Gasteiger partial charge in [-0.1, -0.05) is 33.6 Å². The van der Waals surface area contributed by atoms with Crippen LogP contribution in [0.15, 0.2) is 0 Å². The highest BCUT2D eigenvalue weighted by Gasteiger charge is 2.10. The Kier molecular flexibility index (Phi) is 9.30. The van der Waals surface area contributed by atoms with Crippen LogP contribution in [0.1, 0.15) is 52.9 Å². The van der Waals surface area contributed by atoms with Gasteiger partial charge in [0.15, 0.2) is 0 Å². The van der Waals surface area contributed by atoms with Crippen molar-refractivity contribution in [3.63, 3.8) is 0 Å². The van der Waals surface area contributed by atoms with Crippen molar-refractivity contribution in [2.45, 2.75) is 52.9 Å². The number of hydrogen-bond acceptors (Lipinski definition) is 2. The molecule has 3 N–H and O–H groups in total. The largest absolute Gasteiger partial charge is 0.356 e. The molecule has 0 aromatic carbocycles. The van der Waals surface area contributed by atoms with E-state index in [1.54, 1.807) is 0 Å². The smallest absolute Gasteiger partial charge is 0.220 e. The maximum atomic E-state index is 11.5. The summed E-state index contributed by atoms with van der Waals surface area (Å²) in [6, 6.07) is 0. The van der Waals surface area contributed by atoms with E-state index in [9.17, 15) is 4.79 Å². The summed E-state index contributed by atoms with van der Waals surface area (Å²) in [6.07, 6.45) is 5.05. The molecule has 96 valence electrons. The van der Waals surface area contributed by atoms with Crippen molar-refractivity contribution < 1.29 is 4.79 Å². The first-order chi connectivity index (χ1) is 7.60. The van der Waals surface area contributed by atoms with Crippen LogP contribution in [0.25, 0.3) is 0 Å². The molecule has 0 fully saturated rings. The van der Waals surface area contributed by atoms with Gasteiger partial charge in [-0.3, -0.25) is 4.79 Å². The monoisotopic (exact) mass is 228 g/mol. The fraction of sp³-hybridized carbons (Fsp3) is 0.923. The molecule has 0 heterocycles. The van der Waals surface area contributed by atoms with Crippen molar-refractivity contribution in [3.05, 3.63) is 0 Å². The Morgan fingerprint density at radius 3 is 2.44 bits per heavy atom. The molecule has 0 bridgehead atoms.